The second-order valence-corrected chi connectivity index (χ2v) is 9.35. The maximum atomic E-state index is 13.5. The summed E-state index contributed by atoms with van der Waals surface area (Å²) in [5.41, 5.74) is 1.71. The van der Waals surface area contributed by atoms with Gasteiger partial charge in [-0.2, -0.15) is 0 Å². The summed E-state index contributed by atoms with van der Waals surface area (Å²) >= 11 is 13.9. The number of thioether (sulfide) groups is 1. The molecule has 1 N–H and O–H groups in total. The predicted octanol–water partition coefficient (Wildman–Crippen LogP) is 5.86. The zero-order valence-corrected chi connectivity index (χ0v) is 20.7. The van der Waals surface area contributed by atoms with Gasteiger partial charge in [-0.15, -0.1) is 11.8 Å². The molecule has 4 nitrogen and oxygen atoms in total. The molecule has 3 rings (SSSR count). The minimum Gasteiger partial charge on any atom is -0.355 e. The lowest BCUT2D eigenvalue weighted by atomic mass is 10.0. The van der Waals surface area contributed by atoms with Crippen LogP contribution in [0.1, 0.15) is 18.1 Å². The van der Waals surface area contributed by atoms with E-state index in [-0.39, 0.29) is 24.1 Å². The van der Waals surface area contributed by atoms with E-state index in [2.05, 4.69) is 5.32 Å². The first kappa shape index (κ1) is 25.2. The van der Waals surface area contributed by atoms with Gasteiger partial charge in [0, 0.05) is 34.5 Å². The van der Waals surface area contributed by atoms with Gasteiger partial charge in [-0.3, -0.25) is 9.59 Å². The molecule has 0 radical (unpaired) electrons. The summed E-state index contributed by atoms with van der Waals surface area (Å²) in [5, 5.41) is 3.87. The fraction of sp³-hybridized carbons (Fsp3) is 0.231. The molecule has 0 heterocycles. The minimum atomic E-state index is -0.678. The monoisotopic (exact) mass is 500 g/mol. The molecule has 2 amide bonds. The smallest absolute Gasteiger partial charge is 0.243 e. The maximum Gasteiger partial charge on any atom is 0.243 e. The normalized spacial score (nSPS) is 11.6. The van der Waals surface area contributed by atoms with Gasteiger partial charge in [-0.25, -0.2) is 0 Å². The van der Waals surface area contributed by atoms with E-state index in [1.54, 1.807) is 23.1 Å². The molecule has 0 aromatic heterocycles. The number of amides is 2. The number of nitrogens with one attached hydrogen (secondary N) is 1. The van der Waals surface area contributed by atoms with Crippen molar-refractivity contribution >= 4 is 46.8 Å². The van der Waals surface area contributed by atoms with Crippen LogP contribution in [0.2, 0.25) is 10.0 Å². The van der Waals surface area contributed by atoms with Crippen LogP contribution in [0.4, 0.5) is 0 Å². The van der Waals surface area contributed by atoms with Gasteiger partial charge in [0.15, 0.2) is 0 Å². The van der Waals surface area contributed by atoms with Gasteiger partial charge in [0.1, 0.15) is 6.04 Å². The van der Waals surface area contributed by atoms with E-state index < -0.39 is 6.04 Å². The molecule has 3 aromatic carbocycles. The summed E-state index contributed by atoms with van der Waals surface area (Å²) in [7, 11) is 0. The van der Waals surface area contributed by atoms with E-state index in [9.17, 15) is 9.59 Å². The van der Waals surface area contributed by atoms with Crippen molar-refractivity contribution in [3.63, 3.8) is 0 Å². The van der Waals surface area contributed by atoms with Crippen LogP contribution in [0, 0.1) is 0 Å². The Morgan fingerprint density at radius 3 is 2.27 bits per heavy atom. The Morgan fingerprint density at radius 1 is 0.970 bits per heavy atom. The zero-order valence-electron chi connectivity index (χ0n) is 18.3. The molecule has 7 heteroatoms. The number of likely N-dealkylation sites (N-methyl/N-ethyl adjacent to an activating group) is 1. The predicted molar refractivity (Wildman–Crippen MR) is 137 cm³/mol. The van der Waals surface area contributed by atoms with E-state index in [1.165, 1.54) is 11.8 Å². The summed E-state index contributed by atoms with van der Waals surface area (Å²) in [6.07, 6.45) is 0.402. The number of carbonyl (C=O) groups excluding carboxylic acids is 2. The van der Waals surface area contributed by atoms with Gasteiger partial charge in [-0.05, 0) is 42.3 Å². The van der Waals surface area contributed by atoms with Crippen LogP contribution < -0.4 is 5.32 Å². The molecule has 3 aromatic rings. The van der Waals surface area contributed by atoms with Crippen LogP contribution >= 0.6 is 35.0 Å². The van der Waals surface area contributed by atoms with Crippen LogP contribution in [-0.4, -0.2) is 35.1 Å². The molecular weight excluding hydrogens is 475 g/mol. The summed E-state index contributed by atoms with van der Waals surface area (Å²) in [6.45, 7) is 2.55. The lowest BCUT2D eigenvalue weighted by molar-refractivity contribution is -0.139. The first-order valence-corrected chi connectivity index (χ1v) is 12.4. The van der Waals surface area contributed by atoms with Crippen molar-refractivity contribution in [2.75, 3.05) is 12.3 Å². The highest BCUT2D eigenvalue weighted by Gasteiger charge is 2.30. The van der Waals surface area contributed by atoms with E-state index in [0.29, 0.717) is 23.0 Å². The van der Waals surface area contributed by atoms with E-state index >= 15 is 0 Å². The van der Waals surface area contributed by atoms with Crippen molar-refractivity contribution in [1.82, 2.24) is 10.2 Å². The molecule has 172 valence electrons. The van der Waals surface area contributed by atoms with E-state index in [4.69, 9.17) is 23.2 Å². The largest absolute Gasteiger partial charge is 0.355 e. The van der Waals surface area contributed by atoms with Crippen molar-refractivity contribution in [1.29, 1.82) is 0 Å². The van der Waals surface area contributed by atoms with Gasteiger partial charge >= 0.3 is 0 Å². The first-order valence-electron chi connectivity index (χ1n) is 10.7. The number of hydrogen-bond donors (Lipinski definition) is 1. The van der Waals surface area contributed by atoms with Gasteiger partial charge < -0.3 is 10.2 Å². The molecule has 0 fully saturated rings. The Kier molecular flexibility index (Phi) is 9.67. The molecule has 0 spiro atoms. The Morgan fingerprint density at radius 2 is 1.64 bits per heavy atom. The zero-order chi connectivity index (χ0) is 23.6. The van der Waals surface area contributed by atoms with Crippen molar-refractivity contribution in [3.05, 3.63) is 100 Å². The Balaban J connectivity index is 1.91. The molecule has 1 atom stereocenters. The summed E-state index contributed by atoms with van der Waals surface area (Å²) < 4.78 is 0. The average molecular weight is 501 g/mol. The number of carbonyl (C=O) groups is 2. The lowest BCUT2D eigenvalue weighted by Gasteiger charge is -2.31. The maximum absolute atomic E-state index is 13.5. The molecule has 33 heavy (non-hydrogen) atoms. The second kappa shape index (κ2) is 12.7. The molecule has 0 aliphatic carbocycles. The van der Waals surface area contributed by atoms with Crippen LogP contribution in [-0.2, 0) is 22.6 Å². The average Bonchev–Trinajstić information content (AvgIpc) is 2.82. The van der Waals surface area contributed by atoms with Gasteiger partial charge in [0.05, 0.1) is 5.75 Å². The molecule has 0 aliphatic heterocycles. The number of benzene rings is 3. The topological polar surface area (TPSA) is 49.4 Å². The van der Waals surface area contributed by atoms with Crippen LogP contribution in [0.3, 0.4) is 0 Å². The van der Waals surface area contributed by atoms with Crippen LogP contribution in [0.5, 0.6) is 0 Å². The van der Waals surface area contributed by atoms with Crippen LogP contribution in [0.15, 0.2) is 83.8 Å². The highest BCUT2D eigenvalue weighted by atomic mass is 35.5. The second-order valence-electron chi connectivity index (χ2n) is 7.46. The van der Waals surface area contributed by atoms with Gasteiger partial charge in [0.25, 0.3) is 0 Å². The quantitative estimate of drug-likeness (QED) is 0.354. The fourth-order valence-electron chi connectivity index (χ4n) is 3.42. The number of nitrogens with zero attached hydrogens (tertiary/aromatic N) is 1. The first-order chi connectivity index (χ1) is 16.0. The molecule has 0 unspecified atom stereocenters. The van der Waals surface area contributed by atoms with E-state index in [1.807, 2.05) is 67.6 Å². The Labute approximate surface area is 209 Å². The summed E-state index contributed by atoms with van der Waals surface area (Å²) in [4.78, 5) is 29.2. The lowest BCUT2D eigenvalue weighted by Crippen LogP contribution is -2.51. The Hall–Kier alpha value is -2.47. The molecule has 0 aliphatic rings. The van der Waals surface area contributed by atoms with Crippen LogP contribution in [0.25, 0.3) is 0 Å². The van der Waals surface area contributed by atoms with E-state index in [0.717, 1.165) is 16.0 Å². The van der Waals surface area contributed by atoms with Crippen molar-refractivity contribution in [2.24, 2.45) is 0 Å². The van der Waals surface area contributed by atoms with Crippen molar-refractivity contribution in [3.8, 4) is 0 Å². The molecular formula is C26H26Cl2N2O2S. The highest BCUT2D eigenvalue weighted by molar-refractivity contribution is 8.00. The third kappa shape index (κ3) is 7.53. The minimum absolute atomic E-state index is 0.137. The summed E-state index contributed by atoms with van der Waals surface area (Å²) in [5.74, 6) is -0.119. The van der Waals surface area contributed by atoms with Crippen molar-refractivity contribution < 1.29 is 9.59 Å². The molecule has 0 saturated heterocycles. The third-order valence-electron chi connectivity index (χ3n) is 5.08. The number of rotatable bonds is 10. The standard InChI is InChI=1S/C26H26Cl2N2O2S/c1-2-29-26(32)24(15-19-9-5-3-6-10-19)30(17-20-13-14-21(27)16-23(20)28)25(31)18-33-22-11-7-4-8-12-22/h3-14,16,24H,2,15,17-18H2,1H3,(H,29,32)/t24-/m1/s1. The SMILES string of the molecule is CCNC(=O)[C@@H](Cc1ccccc1)N(Cc1ccc(Cl)cc1Cl)C(=O)CSc1ccccc1. The third-order valence-corrected chi connectivity index (χ3v) is 6.67. The number of halogens is 2. The van der Waals surface area contributed by atoms with Crippen molar-refractivity contribution in [2.45, 2.75) is 30.8 Å². The summed E-state index contributed by atoms with van der Waals surface area (Å²) in [6, 6.07) is 23.9. The highest BCUT2D eigenvalue weighted by Crippen LogP contribution is 2.25. The fourth-order valence-corrected chi connectivity index (χ4v) is 4.70. The van der Waals surface area contributed by atoms with Gasteiger partial charge in [-0.1, -0.05) is 77.8 Å². The molecule has 0 bridgehead atoms. The Bertz CT molecular complexity index is 1060. The number of hydrogen-bond acceptors (Lipinski definition) is 3. The van der Waals surface area contributed by atoms with Gasteiger partial charge in [0.2, 0.25) is 11.8 Å². The molecule has 0 saturated carbocycles.